The number of amidine groups is 1. The van der Waals surface area contributed by atoms with Crippen LogP contribution in [0.3, 0.4) is 0 Å². The molecular formula is C29H43FN4O4. The number of hydrogen-bond donors (Lipinski definition) is 2. The molecule has 8 nitrogen and oxygen atoms in total. The largest absolute Gasteiger partial charge is 0.466 e. The number of nitrogens with one attached hydrogen (secondary N) is 2. The molecule has 9 heteroatoms. The van der Waals surface area contributed by atoms with Gasteiger partial charge in [0.05, 0.1) is 18.1 Å². The summed E-state index contributed by atoms with van der Waals surface area (Å²) < 4.78 is 20.1. The van der Waals surface area contributed by atoms with E-state index in [1.165, 1.54) is 12.1 Å². The summed E-state index contributed by atoms with van der Waals surface area (Å²) in [6, 6.07) is 4.29. The number of amides is 2. The van der Waals surface area contributed by atoms with Crippen molar-refractivity contribution >= 4 is 23.6 Å². The van der Waals surface area contributed by atoms with Gasteiger partial charge in [0.25, 0.3) is 5.91 Å². The smallest absolute Gasteiger partial charge is 0.306 e. The third-order valence-electron chi connectivity index (χ3n) is 7.86. The molecule has 1 aromatic rings. The van der Waals surface area contributed by atoms with Gasteiger partial charge in [-0.25, -0.2) is 4.39 Å². The summed E-state index contributed by atoms with van der Waals surface area (Å²) in [5.74, 6) is -1.51. The molecule has 0 saturated carbocycles. The fourth-order valence-electron chi connectivity index (χ4n) is 5.62. The van der Waals surface area contributed by atoms with E-state index in [0.717, 1.165) is 45.2 Å². The second-order valence-corrected chi connectivity index (χ2v) is 11.0. The Morgan fingerprint density at radius 3 is 2.32 bits per heavy atom. The van der Waals surface area contributed by atoms with Gasteiger partial charge in [-0.05, 0) is 77.3 Å². The second kappa shape index (κ2) is 13.2. The summed E-state index contributed by atoms with van der Waals surface area (Å²) in [5, 5.41) is 11.3. The van der Waals surface area contributed by atoms with Gasteiger partial charge in [-0.2, -0.15) is 0 Å². The SMILES string of the molecule is CCOC(=O)CC1CCN(C(=O)C(CC)C(C)(C)NC(=O)c2ccc(C(=N)N3CCCCC3)cc2F)CC1. The highest BCUT2D eigenvalue weighted by atomic mass is 19.1. The number of halogens is 1. The molecule has 0 radical (unpaired) electrons. The summed E-state index contributed by atoms with van der Waals surface area (Å²) in [4.78, 5) is 42.1. The van der Waals surface area contributed by atoms with Crippen LogP contribution in [-0.2, 0) is 14.3 Å². The minimum absolute atomic E-state index is 0.0433. The molecule has 1 aromatic carbocycles. The molecule has 0 aliphatic carbocycles. The second-order valence-electron chi connectivity index (χ2n) is 11.0. The number of likely N-dealkylation sites (tertiary alicyclic amines) is 2. The lowest BCUT2D eigenvalue weighted by molar-refractivity contribution is -0.145. The first kappa shape index (κ1) is 29.6. The molecule has 3 rings (SSSR count). The van der Waals surface area contributed by atoms with Gasteiger partial charge in [0.15, 0.2) is 0 Å². The highest BCUT2D eigenvalue weighted by Crippen LogP contribution is 2.28. The zero-order valence-electron chi connectivity index (χ0n) is 23.3. The molecular weight excluding hydrogens is 487 g/mol. The third kappa shape index (κ3) is 7.32. The molecule has 2 aliphatic heterocycles. The maximum Gasteiger partial charge on any atom is 0.306 e. The van der Waals surface area contributed by atoms with Gasteiger partial charge in [0.1, 0.15) is 11.7 Å². The molecule has 2 amide bonds. The van der Waals surface area contributed by atoms with Crippen LogP contribution in [0.5, 0.6) is 0 Å². The summed E-state index contributed by atoms with van der Waals surface area (Å²) in [6.07, 6.45) is 5.53. The normalized spacial score (nSPS) is 17.6. The number of esters is 1. The van der Waals surface area contributed by atoms with E-state index in [2.05, 4.69) is 5.32 Å². The van der Waals surface area contributed by atoms with Crippen molar-refractivity contribution in [3.63, 3.8) is 0 Å². The van der Waals surface area contributed by atoms with Crippen LogP contribution in [0.1, 0.15) is 88.6 Å². The Labute approximate surface area is 225 Å². The van der Waals surface area contributed by atoms with Crippen molar-refractivity contribution in [2.75, 3.05) is 32.8 Å². The van der Waals surface area contributed by atoms with Gasteiger partial charge in [0, 0.05) is 43.7 Å². The van der Waals surface area contributed by atoms with Gasteiger partial charge in [-0.1, -0.05) is 13.0 Å². The van der Waals surface area contributed by atoms with Crippen LogP contribution in [0.15, 0.2) is 18.2 Å². The standard InChI is InChI=1S/C29H43FN4O4/c1-5-23(28(37)34-16-12-20(13-17-34)18-25(35)38-6-2)29(3,4)32-27(36)22-11-10-21(19-24(22)30)26(31)33-14-8-7-9-15-33/h10-11,19-20,23,31H,5-9,12-18H2,1-4H3,(H,32,36). The Balaban J connectivity index is 1.61. The first-order valence-electron chi connectivity index (χ1n) is 14.0. The minimum Gasteiger partial charge on any atom is -0.466 e. The van der Waals surface area contributed by atoms with Crippen molar-refractivity contribution < 1.29 is 23.5 Å². The molecule has 0 bridgehead atoms. The topological polar surface area (TPSA) is 103 Å². The maximum atomic E-state index is 15.0. The van der Waals surface area contributed by atoms with E-state index in [1.807, 2.05) is 16.7 Å². The van der Waals surface area contributed by atoms with Crippen molar-refractivity contribution in [2.24, 2.45) is 11.8 Å². The minimum atomic E-state index is -0.906. The van der Waals surface area contributed by atoms with E-state index in [4.69, 9.17) is 10.1 Å². The number of piperidine rings is 2. The van der Waals surface area contributed by atoms with E-state index >= 15 is 4.39 Å². The average Bonchev–Trinajstić information content (AvgIpc) is 2.89. The van der Waals surface area contributed by atoms with Crippen molar-refractivity contribution in [2.45, 2.75) is 78.2 Å². The fourth-order valence-corrected chi connectivity index (χ4v) is 5.62. The lowest BCUT2D eigenvalue weighted by Gasteiger charge is -2.39. The molecule has 1 unspecified atom stereocenters. The molecule has 2 N–H and O–H groups in total. The van der Waals surface area contributed by atoms with E-state index in [1.54, 1.807) is 26.8 Å². The first-order valence-corrected chi connectivity index (χ1v) is 14.0. The van der Waals surface area contributed by atoms with Crippen LogP contribution in [-0.4, -0.2) is 71.7 Å². The molecule has 2 fully saturated rings. The molecule has 2 saturated heterocycles. The summed E-state index contributed by atoms with van der Waals surface area (Å²) in [6.45, 7) is 10.3. The van der Waals surface area contributed by atoms with Crippen LogP contribution in [0.2, 0.25) is 0 Å². The van der Waals surface area contributed by atoms with Crippen LogP contribution in [0.25, 0.3) is 0 Å². The van der Waals surface area contributed by atoms with Crippen LogP contribution in [0, 0.1) is 23.1 Å². The van der Waals surface area contributed by atoms with Crippen LogP contribution in [0.4, 0.5) is 4.39 Å². The summed E-state index contributed by atoms with van der Waals surface area (Å²) >= 11 is 0. The number of ether oxygens (including phenoxy) is 1. The van der Waals surface area contributed by atoms with Gasteiger partial charge in [-0.3, -0.25) is 19.8 Å². The zero-order valence-corrected chi connectivity index (χ0v) is 23.3. The number of nitrogens with zero attached hydrogens (tertiary/aromatic N) is 2. The van der Waals surface area contributed by atoms with Crippen molar-refractivity contribution in [1.29, 1.82) is 5.41 Å². The Kier molecular flexibility index (Phi) is 10.3. The van der Waals surface area contributed by atoms with Gasteiger partial charge < -0.3 is 19.9 Å². The lowest BCUT2D eigenvalue weighted by atomic mass is 9.82. The molecule has 2 heterocycles. The summed E-state index contributed by atoms with van der Waals surface area (Å²) in [7, 11) is 0. The molecule has 0 spiro atoms. The number of hydrogen-bond acceptors (Lipinski definition) is 5. The maximum absolute atomic E-state index is 15.0. The van der Waals surface area contributed by atoms with E-state index in [9.17, 15) is 14.4 Å². The monoisotopic (exact) mass is 530 g/mol. The van der Waals surface area contributed by atoms with Gasteiger partial charge in [-0.15, -0.1) is 0 Å². The quantitative estimate of drug-likeness (QED) is 0.281. The third-order valence-corrected chi connectivity index (χ3v) is 7.86. The number of benzene rings is 1. The van der Waals surface area contributed by atoms with Crippen molar-refractivity contribution in [1.82, 2.24) is 15.1 Å². The van der Waals surface area contributed by atoms with Crippen LogP contribution < -0.4 is 5.32 Å². The van der Waals surface area contributed by atoms with E-state index in [-0.39, 0.29) is 29.2 Å². The van der Waals surface area contributed by atoms with Crippen molar-refractivity contribution in [3.05, 3.63) is 35.1 Å². The predicted octanol–water partition coefficient (Wildman–Crippen LogP) is 4.36. The van der Waals surface area contributed by atoms with Crippen LogP contribution >= 0.6 is 0 Å². The van der Waals surface area contributed by atoms with Gasteiger partial charge in [0.2, 0.25) is 5.91 Å². The van der Waals surface area contributed by atoms with Gasteiger partial charge >= 0.3 is 5.97 Å². The van der Waals surface area contributed by atoms with E-state index in [0.29, 0.717) is 38.1 Å². The Hall–Kier alpha value is -2.97. The molecule has 38 heavy (non-hydrogen) atoms. The fraction of sp³-hybridized carbons (Fsp3) is 0.655. The highest BCUT2D eigenvalue weighted by Gasteiger charge is 2.39. The highest BCUT2D eigenvalue weighted by molar-refractivity contribution is 5.99. The van der Waals surface area contributed by atoms with E-state index < -0.39 is 23.2 Å². The zero-order chi connectivity index (χ0) is 27.9. The average molecular weight is 531 g/mol. The molecule has 210 valence electrons. The molecule has 1 atom stereocenters. The number of rotatable bonds is 9. The summed E-state index contributed by atoms with van der Waals surface area (Å²) in [5.41, 5.74) is -0.556. The number of carbonyl (C=O) groups is 3. The Bertz CT molecular complexity index is 1010. The first-order chi connectivity index (χ1) is 18.1. The Morgan fingerprint density at radius 1 is 1.08 bits per heavy atom. The lowest BCUT2D eigenvalue weighted by Crippen LogP contribution is -2.55. The van der Waals surface area contributed by atoms with Crippen molar-refractivity contribution in [3.8, 4) is 0 Å². The Morgan fingerprint density at radius 2 is 1.74 bits per heavy atom. The predicted molar refractivity (Wildman–Crippen MR) is 145 cm³/mol. The molecule has 0 aromatic heterocycles. The number of carbonyl (C=O) groups excluding carboxylic acids is 3. The molecule has 2 aliphatic rings.